The summed E-state index contributed by atoms with van der Waals surface area (Å²) in [6.07, 6.45) is 3.76. The Hall–Kier alpha value is -1.79. The van der Waals surface area contributed by atoms with Crippen LogP contribution in [0.3, 0.4) is 0 Å². The fourth-order valence-electron chi connectivity index (χ4n) is 2.49. The third kappa shape index (κ3) is 3.61. The molecule has 1 fully saturated rings. The Labute approximate surface area is 120 Å². The van der Waals surface area contributed by atoms with Gasteiger partial charge in [-0.1, -0.05) is 18.3 Å². The quantitative estimate of drug-likeness (QED) is 0.856. The number of aliphatic hydroxyl groups excluding tert-OH is 1. The smallest absolute Gasteiger partial charge is 0.253 e. The van der Waals surface area contributed by atoms with Gasteiger partial charge in [-0.05, 0) is 49.4 Å². The van der Waals surface area contributed by atoms with Gasteiger partial charge in [-0.2, -0.15) is 0 Å². The maximum Gasteiger partial charge on any atom is 0.253 e. The van der Waals surface area contributed by atoms with Crippen molar-refractivity contribution in [3.8, 4) is 11.8 Å². The van der Waals surface area contributed by atoms with E-state index in [-0.39, 0.29) is 12.5 Å². The van der Waals surface area contributed by atoms with Gasteiger partial charge >= 0.3 is 0 Å². The molecule has 0 spiro atoms. The van der Waals surface area contributed by atoms with Crippen LogP contribution in [0.2, 0.25) is 0 Å². The zero-order valence-corrected chi connectivity index (χ0v) is 12.1. The van der Waals surface area contributed by atoms with E-state index >= 15 is 0 Å². The van der Waals surface area contributed by atoms with Crippen LogP contribution in [0.5, 0.6) is 0 Å². The molecule has 2 rings (SSSR count). The first-order valence-corrected chi connectivity index (χ1v) is 7.07. The van der Waals surface area contributed by atoms with Gasteiger partial charge in [0.05, 0.1) is 0 Å². The van der Waals surface area contributed by atoms with Crippen LogP contribution in [0.15, 0.2) is 18.2 Å². The lowest BCUT2D eigenvalue weighted by atomic mass is 9.85. The Morgan fingerprint density at radius 3 is 2.75 bits per heavy atom. The lowest BCUT2D eigenvalue weighted by Gasteiger charge is -2.30. The molecule has 1 aliphatic carbocycles. The molecular formula is C17H21NO2. The number of benzene rings is 1. The number of amides is 1. The van der Waals surface area contributed by atoms with Crippen molar-refractivity contribution in [3.63, 3.8) is 0 Å². The lowest BCUT2D eigenvalue weighted by molar-refractivity contribution is 0.0745. The standard InChI is InChI=1S/C17H21NO2/c1-13-9-15(7-4-8-19)11-16(10-13)17(20)18(2)12-14-5-3-6-14/h9-11,14,19H,3,5-6,8,12H2,1-2H3. The van der Waals surface area contributed by atoms with E-state index in [1.807, 2.05) is 31.0 Å². The molecular weight excluding hydrogens is 250 g/mol. The Bertz CT molecular complexity index is 550. The molecule has 3 nitrogen and oxygen atoms in total. The zero-order valence-electron chi connectivity index (χ0n) is 12.1. The van der Waals surface area contributed by atoms with Crippen molar-refractivity contribution >= 4 is 5.91 Å². The highest BCUT2D eigenvalue weighted by Gasteiger charge is 2.22. The number of rotatable bonds is 3. The van der Waals surface area contributed by atoms with Crippen LogP contribution < -0.4 is 0 Å². The first kappa shape index (κ1) is 14.6. The van der Waals surface area contributed by atoms with E-state index < -0.39 is 0 Å². The first-order chi connectivity index (χ1) is 9.60. The molecule has 1 aromatic rings. The maximum atomic E-state index is 12.4. The molecule has 0 aliphatic heterocycles. The van der Waals surface area contributed by atoms with Gasteiger partial charge in [0.25, 0.3) is 5.91 Å². The van der Waals surface area contributed by atoms with Gasteiger partial charge < -0.3 is 10.0 Å². The summed E-state index contributed by atoms with van der Waals surface area (Å²) >= 11 is 0. The molecule has 1 amide bonds. The Kier molecular flexibility index (Phi) is 4.81. The summed E-state index contributed by atoms with van der Waals surface area (Å²) < 4.78 is 0. The van der Waals surface area contributed by atoms with Crippen LogP contribution in [-0.2, 0) is 0 Å². The minimum Gasteiger partial charge on any atom is -0.384 e. The molecule has 1 N–H and O–H groups in total. The van der Waals surface area contributed by atoms with E-state index in [1.165, 1.54) is 19.3 Å². The molecule has 20 heavy (non-hydrogen) atoms. The second kappa shape index (κ2) is 6.58. The van der Waals surface area contributed by atoms with Crippen LogP contribution in [0, 0.1) is 24.7 Å². The topological polar surface area (TPSA) is 40.5 Å². The fourth-order valence-corrected chi connectivity index (χ4v) is 2.49. The van der Waals surface area contributed by atoms with E-state index in [9.17, 15) is 4.79 Å². The van der Waals surface area contributed by atoms with Gasteiger partial charge in [0, 0.05) is 24.7 Å². The minimum absolute atomic E-state index is 0.0487. The number of aryl methyl sites for hydroxylation is 1. The second-order valence-electron chi connectivity index (χ2n) is 5.53. The van der Waals surface area contributed by atoms with Gasteiger partial charge in [0.1, 0.15) is 6.61 Å². The van der Waals surface area contributed by atoms with Crippen LogP contribution in [-0.4, -0.2) is 36.1 Å². The van der Waals surface area contributed by atoms with E-state index in [1.54, 1.807) is 6.07 Å². The monoisotopic (exact) mass is 271 g/mol. The van der Waals surface area contributed by atoms with Gasteiger partial charge in [0.2, 0.25) is 0 Å². The molecule has 0 bridgehead atoms. The van der Waals surface area contributed by atoms with Crippen molar-refractivity contribution in [1.82, 2.24) is 4.90 Å². The van der Waals surface area contributed by atoms with Crippen molar-refractivity contribution in [3.05, 3.63) is 34.9 Å². The molecule has 0 unspecified atom stereocenters. The minimum atomic E-state index is -0.168. The number of aliphatic hydroxyl groups is 1. The maximum absolute atomic E-state index is 12.4. The molecule has 1 saturated carbocycles. The van der Waals surface area contributed by atoms with Crippen molar-refractivity contribution < 1.29 is 9.90 Å². The van der Waals surface area contributed by atoms with Crippen molar-refractivity contribution in [2.75, 3.05) is 20.2 Å². The van der Waals surface area contributed by atoms with E-state index in [0.29, 0.717) is 11.5 Å². The predicted octanol–water partition coefficient (Wildman–Crippen LogP) is 2.21. The summed E-state index contributed by atoms with van der Waals surface area (Å²) in [6, 6.07) is 5.62. The largest absolute Gasteiger partial charge is 0.384 e. The third-order valence-electron chi connectivity index (χ3n) is 3.74. The molecule has 1 aromatic carbocycles. The normalized spacial score (nSPS) is 14.2. The summed E-state index contributed by atoms with van der Waals surface area (Å²) in [7, 11) is 1.86. The molecule has 0 radical (unpaired) electrons. The van der Waals surface area contributed by atoms with Crippen molar-refractivity contribution in [1.29, 1.82) is 0 Å². The van der Waals surface area contributed by atoms with Crippen molar-refractivity contribution in [2.45, 2.75) is 26.2 Å². The highest BCUT2D eigenvalue weighted by molar-refractivity contribution is 5.94. The van der Waals surface area contributed by atoms with E-state index in [0.717, 1.165) is 17.7 Å². The van der Waals surface area contributed by atoms with E-state index in [4.69, 9.17) is 5.11 Å². The molecule has 0 saturated heterocycles. The number of carbonyl (C=O) groups excluding carboxylic acids is 1. The number of carbonyl (C=O) groups is 1. The molecule has 0 aromatic heterocycles. The van der Waals surface area contributed by atoms with Gasteiger partial charge in [-0.3, -0.25) is 4.79 Å². The fraction of sp³-hybridized carbons (Fsp3) is 0.471. The molecule has 0 heterocycles. The molecule has 3 heteroatoms. The highest BCUT2D eigenvalue weighted by Crippen LogP contribution is 2.27. The van der Waals surface area contributed by atoms with Crippen LogP contribution in [0.25, 0.3) is 0 Å². The summed E-state index contributed by atoms with van der Waals surface area (Å²) in [5.41, 5.74) is 2.46. The van der Waals surface area contributed by atoms with Gasteiger partial charge in [-0.15, -0.1) is 0 Å². The Balaban J connectivity index is 2.13. The SMILES string of the molecule is Cc1cc(C#CCO)cc(C(=O)N(C)CC2CCC2)c1. The zero-order chi connectivity index (χ0) is 14.5. The first-order valence-electron chi connectivity index (χ1n) is 7.07. The molecule has 106 valence electrons. The van der Waals surface area contributed by atoms with Gasteiger partial charge in [0.15, 0.2) is 0 Å². The predicted molar refractivity (Wildman–Crippen MR) is 79.4 cm³/mol. The number of hydrogen-bond acceptors (Lipinski definition) is 2. The summed E-state index contributed by atoms with van der Waals surface area (Å²) in [5.74, 6) is 6.20. The number of nitrogens with zero attached hydrogens (tertiary/aromatic N) is 1. The highest BCUT2D eigenvalue weighted by atomic mass is 16.2. The second-order valence-corrected chi connectivity index (χ2v) is 5.53. The summed E-state index contributed by atoms with van der Waals surface area (Å²) in [5, 5.41) is 8.75. The average molecular weight is 271 g/mol. The Morgan fingerprint density at radius 1 is 1.40 bits per heavy atom. The van der Waals surface area contributed by atoms with E-state index in [2.05, 4.69) is 11.8 Å². The molecule has 1 aliphatic rings. The molecule has 0 atom stereocenters. The summed E-state index contributed by atoms with van der Waals surface area (Å²) in [4.78, 5) is 14.2. The lowest BCUT2D eigenvalue weighted by Crippen LogP contribution is -2.34. The number of hydrogen-bond donors (Lipinski definition) is 1. The van der Waals surface area contributed by atoms with Crippen LogP contribution in [0.4, 0.5) is 0 Å². The van der Waals surface area contributed by atoms with Crippen LogP contribution >= 0.6 is 0 Å². The van der Waals surface area contributed by atoms with Crippen LogP contribution in [0.1, 0.15) is 40.7 Å². The Morgan fingerprint density at radius 2 is 2.15 bits per heavy atom. The van der Waals surface area contributed by atoms with Gasteiger partial charge in [-0.25, -0.2) is 0 Å². The summed E-state index contributed by atoms with van der Waals surface area (Å²) in [6.45, 7) is 2.62. The van der Waals surface area contributed by atoms with Crippen molar-refractivity contribution in [2.24, 2.45) is 5.92 Å². The third-order valence-corrected chi connectivity index (χ3v) is 3.74. The average Bonchev–Trinajstić information content (AvgIpc) is 2.38.